The lowest BCUT2D eigenvalue weighted by atomic mass is 10.3. The van der Waals surface area contributed by atoms with Crippen LogP contribution in [0.5, 0.6) is 0 Å². The monoisotopic (exact) mass is 217 g/mol. The minimum absolute atomic E-state index is 0.247. The predicted molar refractivity (Wildman–Crippen MR) is 45.3 cm³/mol. The molecule has 1 rings (SSSR count). The zero-order valence-corrected chi connectivity index (χ0v) is 7.39. The number of hydrogen-bond donors (Lipinski definition) is 1. The fraction of sp³-hybridized carbons (Fsp3) is 0. The average molecular weight is 218 g/mol. The Kier molecular flexibility index (Phi) is 2.45. The number of carbonyl (C=O) groups is 1. The van der Waals surface area contributed by atoms with Crippen LogP contribution < -0.4 is 0 Å². The van der Waals surface area contributed by atoms with Crippen molar-refractivity contribution in [3.8, 4) is 0 Å². The van der Waals surface area contributed by atoms with E-state index in [2.05, 4.69) is 33.5 Å². The minimum Gasteiger partial charge on any atom is -0.282 e. The fourth-order valence-corrected chi connectivity index (χ4v) is 1.04. The van der Waals surface area contributed by atoms with Gasteiger partial charge in [0.2, 0.25) is 5.12 Å². The highest BCUT2D eigenvalue weighted by atomic mass is 79.9. The second kappa shape index (κ2) is 3.16. The summed E-state index contributed by atoms with van der Waals surface area (Å²) in [4.78, 5) is 14.5. The second-order valence-electron chi connectivity index (χ2n) is 1.67. The maximum Gasteiger partial charge on any atom is 0.216 e. The molecule has 0 aliphatic carbocycles. The Labute approximate surface area is 72.2 Å². The predicted octanol–water partition coefficient (Wildman–Crippen LogP) is 1.91. The second-order valence-corrected chi connectivity index (χ2v) is 2.89. The van der Waals surface area contributed by atoms with Crippen molar-refractivity contribution in [3.63, 3.8) is 0 Å². The number of halogens is 1. The van der Waals surface area contributed by atoms with Crippen LogP contribution in [0, 0.1) is 0 Å². The molecular weight excluding hydrogens is 214 g/mol. The molecule has 0 aromatic carbocycles. The third-order valence-electron chi connectivity index (χ3n) is 0.974. The van der Waals surface area contributed by atoms with Crippen molar-refractivity contribution in [1.82, 2.24) is 4.98 Å². The lowest BCUT2D eigenvalue weighted by molar-refractivity contribution is 0.109. The summed E-state index contributed by atoms with van der Waals surface area (Å²) in [5.74, 6) is 0. The number of nitrogens with zero attached hydrogens (tertiary/aromatic N) is 1. The highest BCUT2D eigenvalue weighted by Crippen LogP contribution is 2.09. The van der Waals surface area contributed by atoms with Crippen molar-refractivity contribution < 1.29 is 4.79 Å². The molecule has 0 saturated heterocycles. The normalized spacial score (nSPS) is 9.40. The highest BCUT2D eigenvalue weighted by Gasteiger charge is 1.98. The lowest BCUT2D eigenvalue weighted by Gasteiger charge is -1.92. The van der Waals surface area contributed by atoms with Crippen LogP contribution >= 0.6 is 28.6 Å². The summed E-state index contributed by atoms with van der Waals surface area (Å²) in [5.41, 5.74) is 0.546. The molecule has 52 valence electrons. The number of aromatic nitrogens is 1. The van der Waals surface area contributed by atoms with E-state index in [1.807, 2.05) is 0 Å². The molecule has 0 saturated carbocycles. The van der Waals surface area contributed by atoms with Crippen molar-refractivity contribution in [1.29, 1.82) is 0 Å². The number of rotatable bonds is 1. The molecule has 0 radical (unpaired) electrons. The Morgan fingerprint density at radius 3 is 2.80 bits per heavy atom. The molecule has 1 heterocycles. The van der Waals surface area contributed by atoms with Crippen LogP contribution in [0.1, 0.15) is 10.4 Å². The Hall–Kier alpha value is -0.350. The van der Waals surface area contributed by atoms with Gasteiger partial charge in [-0.3, -0.25) is 4.79 Å². The van der Waals surface area contributed by atoms with E-state index in [0.717, 1.165) is 0 Å². The molecule has 0 N–H and O–H groups in total. The van der Waals surface area contributed by atoms with Gasteiger partial charge in [0.1, 0.15) is 4.60 Å². The first-order valence-electron chi connectivity index (χ1n) is 2.55. The van der Waals surface area contributed by atoms with Gasteiger partial charge < -0.3 is 0 Å². The summed E-state index contributed by atoms with van der Waals surface area (Å²) >= 11 is 6.78. The summed E-state index contributed by atoms with van der Waals surface area (Å²) < 4.78 is 0.646. The van der Waals surface area contributed by atoms with E-state index < -0.39 is 0 Å². The Bertz CT molecular complexity index is 264. The third kappa shape index (κ3) is 1.82. The maximum absolute atomic E-state index is 10.6. The quantitative estimate of drug-likeness (QED) is 0.576. The first-order valence-corrected chi connectivity index (χ1v) is 3.79. The summed E-state index contributed by atoms with van der Waals surface area (Å²) in [6.45, 7) is 0. The van der Waals surface area contributed by atoms with E-state index in [9.17, 15) is 4.79 Å². The van der Waals surface area contributed by atoms with Crippen LogP contribution in [0.2, 0.25) is 0 Å². The molecular formula is C6H4BrNOS. The molecule has 0 unspecified atom stereocenters. The largest absolute Gasteiger partial charge is 0.282 e. The maximum atomic E-state index is 10.6. The van der Waals surface area contributed by atoms with Crippen LogP contribution in [0.15, 0.2) is 22.9 Å². The molecule has 0 spiro atoms. The molecule has 4 heteroatoms. The van der Waals surface area contributed by atoms with Crippen molar-refractivity contribution in [2.45, 2.75) is 0 Å². The highest BCUT2D eigenvalue weighted by molar-refractivity contribution is 9.10. The minimum atomic E-state index is -0.247. The number of hydrogen-bond acceptors (Lipinski definition) is 2. The van der Waals surface area contributed by atoms with Gasteiger partial charge in [-0.25, -0.2) is 4.98 Å². The van der Waals surface area contributed by atoms with Crippen LogP contribution in [-0.2, 0) is 0 Å². The molecule has 0 amide bonds. The molecule has 2 nitrogen and oxygen atoms in total. The molecule has 1 aromatic heterocycles. The average Bonchev–Trinajstić information content (AvgIpc) is 1.88. The molecule has 0 atom stereocenters. The van der Waals surface area contributed by atoms with Crippen LogP contribution in [0.25, 0.3) is 0 Å². The summed E-state index contributed by atoms with van der Waals surface area (Å²) in [7, 11) is 0. The molecule has 0 aliphatic rings. The number of pyridine rings is 1. The zero-order chi connectivity index (χ0) is 7.56. The van der Waals surface area contributed by atoms with Gasteiger partial charge in [0.25, 0.3) is 0 Å². The standard InChI is InChI=1S/C6H4BrNOS/c7-5-3-4(6(9)10)1-2-8-5/h1-3H,(H,9,10). The number of carbonyl (C=O) groups excluding carboxylic acids is 1. The first-order chi connectivity index (χ1) is 4.70. The van der Waals surface area contributed by atoms with Gasteiger partial charge in [-0.1, -0.05) is 0 Å². The van der Waals surface area contributed by atoms with E-state index >= 15 is 0 Å². The zero-order valence-electron chi connectivity index (χ0n) is 4.91. The Balaban J connectivity index is 3.07. The molecule has 0 fully saturated rings. The summed E-state index contributed by atoms with van der Waals surface area (Å²) in [5, 5.41) is -0.247. The van der Waals surface area contributed by atoms with Crippen LogP contribution in [0.4, 0.5) is 0 Å². The van der Waals surface area contributed by atoms with Gasteiger partial charge in [0.05, 0.1) is 0 Å². The lowest BCUT2D eigenvalue weighted by Crippen LogP contribution is -1.88. The van der Waals surface area contributed by atoms with Gasteiger partial charge >= 0.3 is 0 Å². The van der Waals surface area contributed by atoms with Gasteiger partial charge in [-0.05, 0) is 28.1 Å². The van der Waals surface area contributed by atoms with E-state index in [4.69, 9.17) is 0 Å². The van der Waals surface area contributed by atoms with Crippen LogP contribution in [0.3, 0.4) is 0 Å². The van der Waals surface area contributed by atoms with Crippen molar-refractivity contribution >= 4 is 33.7 Å². The van der Waals surface area contributed by atoms with Gasteiger partial charge in [-0.2, -0.15) is 0 Å². The first kappa shape index (κ1) is 7.75. The van der Waals surface area contributed by atoms with Crippen LogP contribution in [-0.4, -0.2) is 10.1 Å². The van der Waals surface area contributed by atoms with Gasteiger partial charge in [0.15, 0.2) is 0 Å². The van der Waals surface area contributed by atoms with Crippen molar-refractivity contribution in [2.24, 2.45) is 0 Å². The van der Waals surface area contributed by atoms with Crippen molar-refractivity contribution in [3.05, 3.63) is 28.5 Å². The van der Waals surface area contributed by atoms with Gasteiger partial charge in [0, 0.05) is 11.8 Å². The smallest absolute Gasteiger partial charge is 0.216 e. The Morgan fingerprint density at radius 2 is 2.40 bits per heavy atom. The third-order valence-corrected chi connectivity index (χ3v) is 1.67. The molecule has 1 aromatic rings. The van der Waals surface area contributed by atoms with E-state index in [1.165, 1.54) is 0 Å². The summed E-state index contributed by atoms with van der Waals surface area (Å²) in [6.07, 6.45) is 1.55. The number of thiol groups is 1. The molecule has 0 aliphatic heterocycles. The van der Waals surface area contributed by atoms with Crippen molar-refractivity contribution in [2.75, 3.05) is 0 Å². The fourth-order valence-electron chi connectivity index (χ4n) is 0.535. The van der Waals surface area contributed by atoms with Gasteiger partial charge in [-0.15, -0.1) is 12.6 Å². The molecule has 0 bridgehead atoms. The Morgan fingerprint density at radius 1 is 1.70 bits per heavy atom. The SMILES string of the molecule is O=C(S)c1ccnc(Br)c1. The van der Waals surface area contributed by atoms with E-state index in [0.29, 0.717) is 10.2 Å². The van der Waals surface area contributed by atoms with E-state index in [-0.39, 0.29) is 5.12 Å². The molecule has 10 heavy (non-hydrogen) atoms. The topological polar surface area (TPSA) is 30.0 Å². The summed E-state index contributed by atoms with van der Waals surface area (Å²) in [6, 6.07) is 3.23. The van der Waals surface area contributed by atoms with E-state index in [1.54, 1.807) is 18.3 Å².